The third-order valence-electron chi connectivity index (χ3n) is 6.79. The van der Waals surface area contributed by atoms with Crippen LogP contribution in [0.1, 0.15) is 87.8 Å². The fraction of sp³-hybridized carbons (Fsp3) is 0.552. The number of fused-ring (bicyclic) bond motifs is 1. The molecule has 2 aromatic rings. The normalized spacial score (nSPS) is 13.2. The van der Waals surface area contributed by atoms with Gasteiger partial charge in [0, 0.05) is 24.0 Å². The van der Waals surface area contributed by atoms with Crippen molar-refractivity contribution in [2.45, 2.75) is 84.1 Å². The molecule has 0 saturated heterocycles. The summed E-state index contributed by atoms with van der Waals surface area (Å²) in [5.41, 5.74) is 5.27. The molecule has 4 heteroatoms. The molecule has 180 valence electrons. The van der Waals surface area contributed by atoms with Gasteiger partial charge in [-0.3, -0.25) is 0 Å². The monoisotopic (exact) mass is 470 g/mol. The summed E-state index contributed by atoms with van der Waals surface area (Å²) in [6, 6.07) is 12.5. The van der Waals surface area contributed by atoms with Crippen LogP contribution < -0.4 is 9.47 Å². The highest BCUT2D eigenvalue weighted by Crippen LogP contribution is 2.33. The van der Waals surface area contributed by atoms with Gasteiger partial charge in [-0.15, -0.1) is 0 Å². The second-order valence-corrected chi connectivity index (χ2v) is 9.56. The Kier molecular flexibility index (Phi) is 10.6. The van der Waals surface area contributed by atoms with Crippen molar-refractivity contribution < 1.29 is 14.0 Å². The molecule has 0 atom stereocenters. The maximum atomic E-state index is 6.51. The zero-order chi connectivity index (χ0) is 23.5. The highest BCUT2D eigenvalue weighted by molar-refractivity contribution is 6.31. The van der Waals surface area contributed by atoms with Gasteiger partial charge in [0.1, 0.15) is 6.54 Å². The topological polar surface area (TPSA) is 21.5 Å². The molecule has 0 aliphatic carbocycles. The number of unbranched alkanes of at least 4 members (excludes halogenated alkanes) is 8. The highest BCUT2D eigenvalue weighted by Gasteiger charge is 2.28. The molecule has 3 nitrogen and oxygen atoms in total. The maximum absolute atomic E-state index is 6.51. The lowest BCUT2D eigenvalue weighted by molar-refractivity contribution is -0.545. The van der Waals surface area contributed by atoms with Gasteiger partial charge in [0.15, 0.2) is 23.8 Å². The summed E-state index contributed by atoms with van der Waals surface area (Å²) < 4.78 is 13.7. The lowest BCUT2D eigenvalue weighted by Gasteiger charge is -2.21. The number of ether oxygens (including phenoxy) is 2. The lowest BCUT2D eigenvalue weighted by Crippen LogP contribution is -2.30. The minimum Gasteiger partial charge on any atom is -0.493 e. The fourth-order valence-electron chi connectivity index (χ4n) is 4.86. The van der Waals surface area contributed by atoms with Crippen LogP contribution in [0.15, 0.2) is 36.4 Å². The molecule has 0 saturated carbocycles. The summed E-state index contributed by atoms with van der Waals surface area (Å²) in [6.07, 6.45) is 14.2. The summed E-state index contributed by atoms with van der Waals surface area (Å²) in [4.78, 5) is 0. The van der Waals surface area contributed by atoms with Crippen molar-refractivity contribution in [1.82, 2.24) is 0 Å². The third-order valence-corrected chi connectivity index (χ3v) is 7.16. The zero-order valence-corrected chi connectivity index (χ0v) is 21.6. The van der Waals surface area contributed by atoms with E-state index in [0.29, 0.717) is 0 Å². The molecule has 0 fully saturated rings. The summed E-state index contributed by atoms with van der Waals surface area (Å²) in [5.74, 6) is 1.62. The van der Waals surface area contributed by atoms with Crippen molar-refractivity contribution in [3.63, 3.8) is 0 Å². The second kappa shape index (κ2) is 13.6. The first-order valence-corrected chi connectivity index (χ1v) is 13.1. The lowest BCUT2D eigenvalue weighted by atomic mass is 9.92. The molecule has 0 radical (unpaired) electrons. The predicted molar refractivity (Wildman–Crippen MR) is 139 cm³/mol. The van der Waals surface area contributed by atoms with E-state index in [1.54, 1.807) is 14.2 Å². The Morgan fingerprint density at radius 3 is 2.15 bits per heavy atom. The smallest absolute Gasteiger partial charge is 0.184 e. The van der Waals surface area contributed by atoms with Crippen LogP contribution in [0.2, 0.25) is 5.02 Å². The van der Waals surface area contributed by atoms with Crippen molar-refractivity contribution in [1.29, 1.82) is 0 Å². The predicted octanol–water partition coefficient (Wildman–Crippen LogP) is 7.84. The molecule has 1 heterocycles. The van der Waals surface area contributed by atoms with Crippen molar-refractivity contribution >= 4 is 17.3 Å². The minimum atomic E-state index is 0.806. The maximum Gasteiger partial charge on any atom is 0.184 e. The van der Waals surface area contributed by atoms with Crippen molar-refractivity contribution in [3.8, 4) is 11.5 Å². The molecule has 0 N–H and O–H groups in total. The average molecular weight is 471 g/mol. The third kappa shape index (κ3) is 7.24. The highest BCUT2D eigenvalue weighted by atomic mass is 35.5. The van der Waals surface area contributed by atoms with Crippen molar-refractivity contribution in [2.75, 3.05) is 20.8 Å². The molecule has 0 spiro atoms. The standard InChI is InChI=1S/C29H41ClNO2/c1-4-5-6-7-8-9-10-11-12-17-27-25-21-29(33-3)28(32-2)20-23(25)18-19-31(27)22-24-15-13-14-16-26(24)30/h13-16,20-21H,4-12,17-19,22H2,1-3H3/q+1. The number of benzene rings is 2. The SMILES string of the molecule is CCCCCCCCCCCC1=[N+](Cc2ccccc2Cl)CCc2cc(OC)c(OC)cc21. The molecule has 3 rings (SSSR count). The molecule has 1 aliphatic rings. The molecule has 33 heavy (non-hydrogen) atoms. The van der Waals surface area contributed by atoms with Crippen LogP contribution in [0.5, 0.6) is 11.5 Å². The van der Waals surface area contributed by atoms with E-state index in [9.17, 15) is 0 Å². The average Bonchev–Trinajstić information content (AvgIpc) is 2.84. The number of halogens is 1. The van der Waals surface area contributed by atoms with E-state index >= 15 is 0 Å². The van der Waals surface area contributed by atoms with Gasteiger partial charge in [-0.1, -0.05) is 88.1 Å². The van der Waals surface area contributed by atoms with E-state index < -0.39 is 0 Å². The van der Waals surface area contributed by atoms with Crippen molar-refractivity contribution in [3.05, 3.63) is 58.1 Å². The molecule has 0 aromatic heterocycles. The van der Waals surface area contributed by atoms with Gasteiger partial charge in [-0.25, -0.2) is 4.58 Å². The molecule has 0 bridgehead atoms. The Morgan fingerprint density at radius 2 is 1.48 bits per heavy atom. The molecule has 1 aliphatic heterocycles. The Labute approximate surface area is 205 Å². The first-order valence-electron chi connectivity index (χ1n) is 12.8. The first kappa shape index (κ1) is 25.6. The number of methoxy groups -OCH3 is 2. The van der Waals surface area contributed by atoms with Crippen LogP contribution >= 0.6 is 11.6 Å². The Morgan fingerprint density at radius 1 is 0.848 bits per heavy atom. The summed E-state index contributed by atoms with van der Waals surface area (Å²) in [6.45, 7) is 4.13. The number of nitrogens with zero attached hydrogens (tertiary/aromatic N) is 1. The van der Waals surface area contributed by atoms with Gasteiger partial charge in [-0.05, 0) is 30.2 Å². The van der Waals surface area contributed by atoms with Gasteiger partial charge < -0.3 is 9.47 Å². The van der Waals surface area contributed by atoms with Crippen LogP contribution in [0.25, 0.3) is 0 Å². The minimum absolute atomic E-state index is 0.806. The van der Waals surface area contributed by atoms with Crippen LogP contribution in [0.3, 0.4) is 0 Å². The number of hydrogen-bond donors (Lipinski definition) is 0. The Hall–Kier alpha value is -2.00. The number of hydrogen-bond acceptors (Lipinski definition) is 2. The van der Waals surface area contributed by atoms with Gasteiger partial charge >= 0.3 is 0 Å². The van der Waals surface area contributed by atoms with Gasteiger partial charge in [0.2, 0.25) is 0 Å². The fourth-order valence-corrected chi connectivity index (χ4v) is 5.06. The molecular formula is C29H41ClNO2+. The summed E-state index contributed by atoms with van der Waals surface area (Å²) >= 11 is 6.51. The van der Waals surface area contributed by atoms with Crippen molar-refractivity contribution in [2.24, 2.45) is 0 Å². The number of rotatable bonds is 14. The van der Waals surface area contributed by atoms with Crippen LogP contribution in [-0.2, 0) is 13.0 Å². The van der Waals surface area contributed by atoms with Gasteiger partial charge in [0.05, 0.1) is 19.2 Å². The Bertz CT molecular complexity index is 922. The van der Waals surface area contributed by atoms with E-state index in [4.69, 9.17) is 21.1 Å². The summed E-state index contributed by atoms with van der Waals surface area (Å²) in [7, 11) is 3.43. The zero-order valence-electron chi connectivity index (χ0n) is 20.8. The molecule has 0 unspecified atom stereocenters. The van der Waals surface area contributed by atoms with E-state index in [0.717, 1.165) is 42.5 Å². The van der Waals surface area contributed by atoms with E-state index in [1.165, 1.54) is 80.2 Å². The molecule has 0 amide bonds. The van der Waals surface area contributed by atoms with Crippen LogP contribution in [0.4, 0.5) is 0 Å². The Balaban J connectivity index is 1.74. The van der Waals surface area contributed by atoms with Crippen LogP contribution in [0, 0.1) is 0 Å². The van der Waals surface area contributed by atoms with E-state index in [2.05, 4.69) is 35.8 Å². The second-order valence-electron chi connectivity index (χ2n) is 9.15. The van der Waals surface area contributed by atoms with Gasteiger partial charge in [0.25, 0.3) is 0 Å². The van der Waals surface area contributed by atoms with E-state index in [1.807, 2.05) is 12.1 Å². The largest absolute Gasteiger partial charge is 0.493 e. The van der Waals surface area contributed by atoms with Gasteiger partial charge in [-0.2, -0.15) is 0 Å². The first-order chi connectivity index (χ1) is 16.2. The van der Waals surface area contributed by atoms with Crippen LogP contribution in [-0.4, -0.2) is 31.1 Å². The van der Waals surface area contributed by atoms with E-state index in [-0.39, 0.29) is 0 Å². The molecule has 2 aromatic carbocycles. The quantitative estimate of drug-likeness (QED) is 0.207. The summed E-state index contributed by atoms with van der Waals surface area (Å²) in [5, 5.41) is 0.845. The molecular weight excluding hydrogens is 430 g/mol.